The van der Waals surface area contributed by atoms with Crippen LogP contribution in [0.3, 0.4) is 0 Å². The summed E-state index contributed by atoms with van der Waals surface area (Å²) in [5, 5.41) is 9.05. The van der Waals surface area contributed by atoms with E-state index in [1.54, 1.807) is 26.8 Å². The predicted molar refractivity (Wildman–Crippen MR) is 64.3 cm³/mol. The van der Waals surface area contributed by atoms with Crippen LogP contribution < -0.4 is 0 Å². The fourth-order valence-corrected chi connectivity index (χ4v) is 1.61. The van der Waals surface area contributed by atoms with Crippen LogP contribution in [-0.2, 0) is 11.0 Å². The summed E-state index contributed by atoms with van der Waals surface area (Å²) in [6, 6.07) is 6.14. The molecule has 0 saturated carbocycles. The molecule has 1 unspecified atom stereocenters. The van der Waals surface area contributed by atoms with Crippen molar-refractivity contribution in [1.82, 2.24) is 0 Å². The largest absolute Gasteiger partial charge is 0.416 e. The van der Waals surface area contributed by atoms with E-state index in [0.717, 1.165) is 12.1 Å². The number of hydrogen-bond donors (Lipinski definition) is 0. The molecule has 0 aliphatic carbocycles. The van der Waals surface area contributed by atoms with E-state index < -0.39 is 28.9 Å². The molecule has 1 atom stereocenters. The molecule has 0 aliphatic rings. The van der Waals surface area contributed by atoms with Gasteiger partial charge in [0.1, 0.15) is 5.92 Å². The maximum Gasteiger partial charge on any atom is 0.416 e. The van der Waals surface area contributed by atoms with Crippen LogP contribution in [-0.4, -0.2) is 5.78 Å². The van der Waals surface area contributed by atoms with Gasteiger partial charge >= 0.3 is 6.18 Å². The van der Waals surface area contributed by atoms with Gasteiger partial charge < -0.3 is 0 Å². The van der Waals surface area contributed by atoms with Crippen molar-refractivity contribution < 1.29 is 18.0 Å². The number of carbonyl (C=O) groups is 1. The Bertz CT molecular complexity index is 521. The molecule has 1 aromatic rings. The van der Waals surface area contributed by atoms with Gasteiger partial charge in [-0.2, -0.15) is 18.4 Å². The minimum Gasteiger partial charge on any atom is -0.297 e. The first-order valence-corrected chi connectivity index (χ1v) is 5.68. The van der Waals surface area contributed by atoms with E-state index in [-0.39, 0.29) is 5.56 Å². The molecule has 2 nitrogen and oxygen atoms in total. The summed E-state index contributed by atoms with van der Waals surface area (Å²) < 4.78 is 37.8. The average molecular weight is 269 g/mol. The molecule has 0 fully saturated rings. The Balaban J connectivity index is 3.22. The Morgan fingerprint density at radius 1 is 1.26 bits per heavy atom. The quantitative estimate of drug-likeness (QED) is 0.816. The normalized spacial score (nSPS) is 13.7. The molecule has 19 heavy (non-hydrogen) atoms. The van der Waals surface area contributed by atoms with Crippen LogP contribution >= 0.6 is 0 Å². The Morgan fingerprint density at radius 3 is 2.26 bits per heavy atom. The fourth-order valence-electron chi connectivity index (χ4n) is 1.61. The predicted octanol–water partition coefficient (Wildman–Crippen LogP) is 3.93. The van der Waals surface area contributed by atoms with Crippen molar-refractivity contribution in [1.29, 1.82) is 5.26 Å². The van der Waals surface area contributed by atoms with Crippen LogP contribution in [0, 0.1) is 16.7 Å². The number of nitriles is 1. The lowest BCUT2D eigenvalue weighted by Gasteiger charge is -2.21. The van der Waals surface area contributed by atoms with Crippen molar-refractivity contribution >= 4 is 5.78 Å². The highest BCUT2D eigenvalue weighted by Gasteiger charge is 2.34. The van der Waals surface area contributed by atoms with E-state index in [2.05, 4.69) is 0 Å². The van der Waals surface area contributed by atoms with Gasteiger partial charge in [0.05, 0.1) is 11.6 Å². The van der Waals surface area contributed by atoms with Gasteiger partial charge in [-0.3, -0.25) is 4.79 Å². The Morgan fingerprint density at radius 2 is 1.84 bits per heavy atom. The minimum absolute atomic E-state index is 0.0808. The molecule has 0 saturated heterocycles. The van der Waals surface area contributed by atoms with Crippen molar-refractivity contribution in [3.8, 4) is 6.07 Å². The monoisotopic (exact) mass is 269 g/mol. The van der Waals surface area contributed by atoms with Crippen LogP contribution in [0.5, 0.6) is 0 Å². The molecule has 0 N–H and O–H groups in total. The summed E-state index contributed by atoms with van der Waals surface area (Å²) in [7, 11) is 0. The van der Waals surface area contributed by atoms with E-state index in [0.29, 0.717) is 0 Å². The lowest BCUT2D eigenvalue weighted by Crippen LogP contribution is -2.26. The van der Waals surface area contributed by atoms with Crippen molar-refractivity contribution in [3.05, 3.63) is 35.4 Å². The van der Waals surface area contributed by atoms with E-state index in [1.807, 2.05) is 0 Å². The third-order valence-electron chi connectivity index (χ3n) is 2.68. The summed E-state index contributed by atoms with van der Waals surface area (Å²) in [5.41, 5.74) is -1.56. The Hall–Kier alpha value is -1.83. The lowest BCUT2D eigenvalue weighted by molar-refractivity contribution is -0.137. The number of alkyl halides is 3. The van der Waals surface area contributed by atoms with Crippen LogP contribution in [0.2, 0.25) is 0 Å². The van der Waals surface area contributed by atoms with Gasteiger partial charge in [0.15, 0.2) is 5.78 Å². The van der Waals surface area contributed by atoms with Crippen molar-refractivity contribution in [2.75, 3.05) is 0 Å². The van der Waals surface area contributed by atoms with Gasteiger partial charge in [-0.05, 0) is 11.6 Å². The molecule has 102 valence electrons. The third-order valence-corrected chi connectivity index (χ3v) is 2.68. The fraction of sp³-hybridized carbons (Fsp3) is 0.429. The maximum atomic E-state index is 12.6. The summed E-state index contributed by atoms with van der Waals surface area (Å²) in [4.78, 5) is 12.1. The summed E-state index contributed by atoms with van der Waals surface area (Å²) in [6.45, 7) is 4.90. The van der Waals surface area contributed by atoms with Gasteiger partial charge in [0.25, 0.3) is 0 Å². The highest BCUT2D eigenvalue weighted by Crippen LogP contribution is 2.33. The topological polar surface area (TPSA) is 40.9 Å². The number of halogens is 3. The number of benzene rings is 1. The zero-order valence-electron chi connectivity index (χ0n) is 10.9. The van der Waals surface area contributed by atoms with Crippen molar-refractivity contribution in [2.24, 2.45) is 5.41 Å². The van der Waals surface area contributed by atoms with E-state index >= 15 is 0 Å². The molecular formula is C14H14F3NO. The number of rotatable bonds is 2. The number of Topliss-reactive ketones (excluding diaryl/α,β-unsaturated/α-hetero) is 1. The molecule has 0 bridgehead atoms. The molecule has 0 spiro atoms. The second-order valence-corrected chi connectivity index (χ2v) is 5.30. The molecule has 0 amide bonds. The number of hydrogen-bond acceptors (Lipinski definition) is 2. The molecule has 0 aromatic heterocycles. The average Bonchev–Trinajstić information content (AvgIpc) is 2.28. The number of ketones is 1. The molecule has 0 aliphatic heterocycles. The van der Waals surface area contributed by atoms with Crippen molar-refractivity contribution in [2.45, 2.75) is 32.9 Å². The van der Waals surface area contributed by atoms with E-state index in [1.165, 1.54) is 12.1 Å². The van der Waals surface area contributed by atoms with Crippen LogP contribution in [0.25, 0.3) is 0 Å². The maximum absolute atomic E-state index is 12.6. The highest BCUT2D eigenvalue weighted by atomic mass is 19.4. The van der Waals surface area contributed by atoms with E-state index in [9.17, 15) is 18.0 Å². The van der Waals surface area contributed by atoms with Crippen LogP contribution in [0.1, 0.15) is 37.8 Å². The van der Waals surface area contributed by atoms with Gasteiger partial charge in [0, 0.05) is 5.41 Å². The van der Waals surface area contributed by atoms with Crippen LogP contribution in [0.4, 0.5) is 13.2 Å². The first-order chi connectivity index (χ1) is 8.57. The minimum atomic E-state index is -4.49. The molecule has 5 heteroatoms. The smallest absolute Gasteiger partial charge is 0.297 e. The van der Waals surface area contributed by atoms with Gasteiger partial charge in [-0.25, -0.2) is 0 Å². The Labute approximate surface area is 109 Å². The first-order valence-electron chi connectivity index (χ1n) is 5.68. The highest BCUT2D eigenvalue weighted by molar-refractivity contribution is 5.92. The van der Waals surface area contributed by atoms with Gasteiger partial charge in [0.2, 0.25) is 0 Å². The standard InChI is InChI=1S/C14H14F3NO/c1-13(2,3)12(19)11(8-18)9-5-4-6-10(7-9)14(15,16)17/h4-7,11H,1-3H3. The number of carbonyl (C=O) groups excluding carboxylic acids is 1. The summed E-state index contributed by atoms with van der Waals surface area (Å²) >= 11 is 0. The van der Waals surface area contributed by atoms with Gasteiger partial charge in [-0.1, -0.05) is 39.0 Å². The molecule has 1 rings (SSSR count). The second kappa shape index (κ2) is 5.04. The van der Waals surface area contributed by atoms with E-state index in [4.69, 9.17) is 5.26 Å². The molecule has 1 aromatic carbocycles. The SMILES string of the molecule is CC(C)(C)C(=O)C(C#N)c1cccc(C(F)(F)F)c1. The first kappa shape index (κ1) is 15.2. The van der Waals surface area contributed by atoms with Gasteiger partial charge in [-0.15, -0.1) is 0 Å². The Kier molecular flexibility index (Phi) is 4.04. The second-order valence-electron chi connectivity index (χ2n) is 5.30. The molecule has 0 heterocycles. The molecule has 0 radical (unpaired) electrons. The third kappa shape index (κ3) is 3.57. The molecular weight excluding hydrogens is 255 g/mol. The summed E-state index contributed by atoms with van der Waals surface area (Å²) in [6.07, 6.45) is -4.49. The van der Waals surface area contributed by atoms with Crippen molar-refractivity contribution in [3.63, 3.8) is 0 Å². The zero-order valence-corrected chi connectivity index (χ0v) is 10.9. The number of nitrogens with zero attached hydrogens (tertiary/aromatic N) is 1. The lowest BCUT2D eigenvalue weighted by atomic mass is 9.80. The zero-order chi connectivity index (χ0) is 14.8. The summed E-state index contributed by atoms with van der Waals surface area (Å²) in [5.74, 6) is -1.57. The van der Waals surface area contributed by atoms with Crippen LogP contribution in [0.15, 0.2) is 24.3 Å².